The molecule has 0 aromatic heterocycles. The Bertz CT molecular complexity index is 602. The first kappa shape index (κ1) is 15.5. The van der Waals surface area contributed by atoms with Gasteiger partial charge in [0, 0.05) is 13.1 Å². The van der Waals surface area contributed by atoms with Crippen molar-refractivity contribution in [2.45, 2.75) is 26.8 Å². The fraction of sp³-hybridized carbons (Fsp3) is 0.389. The van der Waals surface area contributed by atoms with Crippen LogP contribution in [-0.4, -0.2) is 12.5 Å². The maximum atomic E-state index is 12.2. The number of nitrogens with two attached hydrogens (primary N) is 1. The fourth-order valence-corrected chi connectivity index (χ4v) is 2.65. The van der Waals surface area contributed by atoms with Crippen molar-refractivity contribution in [2.24, 2.45) is 17.6 Å². The summed E-state index contributed by atoms with van der Waals surface area (Å²) in [6.45, 7) is 5.18. The molecule has 112 valence electrons. The lowest BCUT2D eigenvalue weighted by Gasteiger charge is -2.17. The Balaban J connectivity index is 2.06. The van der Waals surface area contributed by atoms with Gasteiger partial charge in [-0.25, -0.2) is 0 Å². The van der Waals surface area contributed by atoms with E-state index < -0.39 is 0 Å². The maximum absolute atomic E-state index is 12.2. The van der Waals surface area contributed by atoms with Gasteiger partial charge in [0.1, 0.15) is 0 Å². The molecule has 0 fully saturated rings. The van der Waals surface area contributed by atoms with Gasteiger partial charge in [0.2, 0.25) is 5.91 Å². The second-order valence-electron chi connectivity index (χ2n) is 5.92. The zero-order valence-corrected chi connectivity index (χ0v) is 12.8. The van der Waals surface area contributed by atoms with E-state index in [2.05, 4.69) is 43.4 Å². The molecule has 2 aromatic carbocycles. The van der Waals surface area contributed by atoms with Crippen molar-refractivity contribution < 1.29 is 4.79 Å². The third-order valence-electron chi connectivity index (χ3n) is 3.74. The van der Waals surface area contributed by atoms with Crippen LogP contribution in [0, 0.1) is 11.8 Å². The van der Waals surface area contributed by atoms with Crippen LogP contribution in [-0.2, 0) is 11.3 Å². The Hall–Kier alpha value is -1.87. The third-order valence-corrected chi connectivity index (χ3v) is 3.74. The second-order valence-corrected chi connectivity index (χ2v) is 5.92. The molecule has 0 spiro atoms. The first-order valence-electron chi connectivity index (χ1n) is 7.56. The van der Waals surface area contributed by atoms with Crippen LogP contribution in [0.3, 0.4) is 0 Å². The Kier molecular flexibility index (Phi) is 5.34. The van der Waals surface area contributed by atoms with Crippen LogP contribution in [0.4, 0.5) is 0 Å². The van der Waals surface area contributed by atoms with E-state index in [0.717, 1.165) is 12.0 Å². The lowest BCUT2D eigenvalue weighted by atomic mass is 9.96. The zero-order valence-electron chi connectivity index (χ0n) is 12.8. The molecule has 2 aromatic rings. The molecule has 1 unspecified atom stereocenters. The molecule has 3 heteroatoms. The summed E-state index contributed by atoms with van der Waals surface area (Å²) in [5.74, 6) is 0.431. The summed E-state index contributed by atoms with van der Waals surface area (Å²) in [5.41, 5.74) is 6.86. The summed E-state index contributed by atoms with van der Waals surface area (Å²) in [5, 5.41) is 5.41. The van der Waals surface area contributed by atoms with Crippen molar-refractivity contribution in [3.05, 3.63) is 48.0 Å². The van der Waals surface area contributed by atoms with E-state index in [-0.39, 0.29) is 11.8 Å². The first-order valence-corrected chi connectivity index (χ1v) is 7.56. The van der Waals surface area contributed by atoms with E-state index >= 15 is 0 Å². The van der Waals surface area contributed by atoms with Gasteiger partial charge in [-0.15, -0.1) is 0 Å². The summed E-state index contributed by atoms with van der Waals surface area (Å²) < 4.78 is 0. The van der Waals surface area contributed by atoms with Crippen LogP contribution < -0.4 is 11.1 Å². The molecule has 0 saturated carbocycles. The van der Waals surface area contributed by atoms with Gasteiger partial charge < -0.3 is 11.1 Å². The lowest BCUT2D eigenvalue weighted by Crippen LogP contribution is -2.35. The van der Waals surface area contributed by atoms with Gasteiger partial charge >= 0.3 is 0 Å². The molecule has 1 amide bonds. The predicted molar refractivity (Wildman–Crippen MR) is 87.8 cm³/mol. The molecule has 0 radical (unpaired) electrons. The van der Waals surface area contributed by atoms with E-state index in [4.69, 9.17) is 5.73 Å². The van der Waals surface area contributed by atoms with Gasteiger partial charge in [-0.2, -0.15) is 0 Å². The maximum Gasteiger partial charge on any atom is 0.224 e. The van der Waals surface area contributed by atoms with E-state index in [0.29, 0.717) is 19.0 Å². The summed E-state index contributed by atoms with van der Waals surface area (Å²) in [4.78, 5) is 12.2. The normalized spacial score (nSPS) is 12.6. The predicted octanol–water partition coefficient (Wildman–Crippen LogP) is 3.08. The number of amides is 1. The summed E-state index contributed by atoms with van der Waals surface area (Å²) >= 11 is 0. The van der Waals surface area contributed by atoms with Gasteiger partial charge in [-0.05, 0) is 28.7 Å². The Morgan fingerprint density at radius 2 is 1.86 bits per heavy atom. The molecule has 1 atom stereocenters. The average Bonchev–Trinajstić information content (AvgIpc) is 2.50. The highest BCUT2D eigenvalue weighted by atomic mass is 16.1. The van der Waals surface area contributed by atoms with Crippen LogP contribution in [0.5, 0.6) is 0 Å². The number of rotatable bonds is 6. The summed E-state index contributed by atoms with van der Waals surface area (Å²) in [6, 6.07) is 14.4. The minimum Gasteiger partial charge on any atom is -0.352 e. The van der Waals surface area contributed by atoms with Gasteiger partial charge in [0.25, 0.3) is 0 Å². The van der Waals surface area contributed by atoms with E-state index in [1.807, 2.05) is 18.2 Å². The van der Waals surface area contributed by atoms with Crippen molar-refractivity contribution in [1.82, 2.24) is 5.32 Å². The molecule has 0 aliphatic carbocycles. The van der Waals surface area contributed by atoms with Crippen molar-refractivity contribution >= 4 is 16.7 Å². The minimum absolute atomic E-state index is 0.0548. The number of carbonyl (C=O) groups excluding carboxylic acids is 1. The van der Waals surface area contributed by atoms with Crippen molar-refractivity contribution in [3.63, 3.8) is 0 Å². The second kappa shape index (κ2) is 7.23. The number of hydrogen-bond donors (Lipinski definition) is 2. The summed E-state index contributed by atoms with van der Waals surface area (Å²) in [7, 11) is 0. The van der Waals surface area contributed by atoms with Crippen LogP contribution in [0.15, 0.2) is 42.5 Å². The number of nitrogens with one attached hydrogen (secondary N) is 1. The monoisotopic (exact) mass is 284 g/mol. The van der Waals surface area contributed by atoms with Crippen molar-refractivity contribution in [2.75, 3.05) is 6.54 Å². The highest BCUT2D eigenvalue weighted by Gasteiger charge is 2.17. The molecule has 3 N–H and O–H groups in total. The number of carbonyl (C=O) groups is 1. The van der Waals surface area contributed by atoms with E-state index in [1.165, 1.54) is 10.8 Å². The zero-order chi connectivity index (χ0) is 15.2. The highest BCUT2D eigenvalue weighted by Crippen LogP contribution is 2.18. The molecule has 0 saturated heterocycles. The Morgan fingerprint density at radius 1 is 1.14 bits per heavy atom. The molecular weight excluding hydrogens is 260 g/mol. The SMILES string of the molecule is CC(C)CC(CN)C(=O)NCc1cccc2ccccc12. The van der Waals surface area contributed by atoms with Gasteiger partial charge in [-0.3, -0.25) is 4.79 Å². The molecule has 21 heavy (non-hydrogen) atoms. The molecular formula is C18H24N2O. The number of benzene rings is 2. The van der Waals surface area contributed by atoms with Crippen molar-refractivity contribution in [3.8, 4) is 0 Å². The lowest BCUT2D eigenvalue weighted by molar-refractivity contribution is -0.125. The molecule has 0 heterocycles. The fourth-order valence-electron chi connectivity index (χ4n) is 2.65. The molecule has 0 aliphatic heterocycles. The number of hydrogen-bond acceptors (Lipinski definition) is 2. The van der Waals surface area contributed by atoms with Crippen LogP contribution in [0.2, 0.25) is 0 Å². The van der Waals surface area contributed by atoms with Gasteiger partial charge in [-0.1, -0.05) is 56.3 Å². The minimum atomic E-state index is -0.0972. The Labute approximate surface area is 126 Å². The largest absolute Gasteiger partial charge is 0.352 e. The molecule has 0 bridgehead atoms. The van der Waals surface area contributed by atoms with Crippen molar-refractivity contribution in [1.29, 1.82) is 0 Å². The van der Waals surface area contributed by atoms with Gasteiger partial charge in [0.15, 0.2) is 0 Å². The quantitative estimate of drug-likeness (QED) is 0.856. The number of fused-ring (bicyclic) bond motifs is 1. The van der Waals surface area contributed by atoms with E-state index in [1.54, 1.807) is 0 Å². The van der Waals surface area contributed by atoms with Crippen LogP contribution >= 0.6 is 0 Å². The van der Waals surface area contributed by atoms with E-state index in [9.17, 15) is 4.79 Å². The standard InChI is InChI=1S/C18H24N2O/c1-13(2)10-16(11-19)18(21)20-12-15-8-5-7-14-6-3-4-9-17(14)15/h3-9,13,16H,10-12,19H2,1-2H3,(H,20,21). The van der Waals surface area contributed by atoms with Gasteiger partial charge in [0.05, 0.1) is 5.92 Å². The molecule has 3 nitrogen and oxygen atoms in total. The summed E-state index contributed by atoms with van der Waals surface area (Å²) in [6.07, 6.45) is 0.831. The highest BCUT2D eigenvalue weighted by molar-refractivity contribution is 5.86. The van der Waals surface area contributed by atoms with Crippen LogP contribution in [0.1, 0.15) is 25.8 Å². The molecule has 2 rings (SSSR count). The smallest absolute Gasteiger partial charge is 0.224 e. The van der Waals surface area contributed by atoms with Crippen LogP contribution in [0.25, 0.3) is 10.8 Å². The first-order chi connectivity index (χ1) is 10.1. The molecule has 0 aliphatic rings. The third kappa shape index (κ3) is 4.05. The average molecular weight is 284 g/mol. The Morgan fingerprint density at radius 3 is 2.57 bits per heavy atom. The topological polar surface area (TPSA) is 55.1 Å².